The Morgan fingerprint density at radius 3 is 2.56 bits per heavy atom. The first-order valence-electron chi connectivity index (χ1n) is 5.67. The van der Waals surface area contributed by atoms with Gasteiger partial charge in [0, 0.05) is 13.1 Å². The monoisotopic (exact) mass is 286 g/mol. The molecule has 18 heavy (non-hydrogen) atoms. The zero-order chi connectivity index (χ0) is 13.8. The van der Waals surface area contributed by atoms with Crippen LogP contribution in [0.3, 0.4) is 0 Å². The van der Waals surface area contributed by atoms with E-state index in [2.05, 4.69) is 0 Å². The van der Waals surface area contributed by atoms with Gasteiger partial charge in [-0.3, -0.25) is 0 Å². The van der Waals surface area contributed by atoms with Gasteiger partial charge in [0.05, 0.1) is 16.7 Å². The molecule has 0 N–H and O–H groups in total. The Labute approximate surface area is 113 Å². The molecule has 0 saturated carbocycles. The molecule has 0 radical (unpaired) electrons. The number of hydrogen-bond donors (Lipinski definition) is 0. The molecule has 0 unspecified atom stereocenters. The van der Waals surface area contributed by atoms with Crippen LogP contribution >= 0.6 is 11.6 Å². The van der Waals surface area contributed by atoms with Gasteiger partial charge in [0.25, 0.3) is 0 Å². The van der Waals surface area contributed by atoms with E-state index in [-0.39, 0.29) is 15.5 Å². The van der Waals surface area contributed by atoms with E-state index in [0.717, 1.165) is 6.42 Å². The first kappa shape index (κ1) is 15.0. The van der Waals surface area contributed by atoms with E-state index in [0.29, 0.717) is 13.1 Å². The minimum atomic E-state index is -3.63. The number of rotatable bonds is 5. The van der Waals surface area contributed by atoms with Crippen molar-refractivity contribution in [3.63, 3.8) is 0 Å². The lowest BCUT2D eigenvalue weighted by atomic mass is 10.2. The lowest BCUT2D eigenvalue weighted by Crippen LogP contribution is -2.31. The number of hydrogen-bond acceptors (Lipinski definition) is 3. The minimum absolute atomic E-state index is 0.00137. The van der Waals surface area contributed by atoms with Gasteiger partial charge < -0.3 is 0 Å². The fourth-order valence-electron chi connectivity index (χ4n) is 1.61. The Bertz CT molecular complexity index is 564. The molecule has 0 aromatic heterocycles. The fourth-order valence-corrected chi connectivity index (χ4v) is 3.65. The Hall–Kier alpha value is -1.09. The highest BCUT2D eigenvalue weighted by Crippen LogP contribution is 2.25. The molecule has 4 nitrogen and oxygen atoms in total. The molecule has 0 aliphatic heterocycles. The second kappa shape index (κ2) is 6.19. The second-order valence-corrected chi connectivity index (χ2v) is 6.07. The van der Waals surface area contributed by atoms with Gasteiger partial charge in [0.15, 0.2) is 0 Å². The molecular weight excluding hydrogens is 272 g/mol. The summed E-state index contributed by atoms with van der Waals surface area (Å²) in [5, 5.41) is 8.96. The van der Waals surface area contributed by atoms with Gasteiger partial charge in [-0.15, -0.1) is 0 Å². The van der Waals surface area contributed by atoms with Crippen LogP contribution in [0.5, 0.6) is 0 Å². The third kappa shape index (κ3) is 3.02. The van der Waals surface area contributed by atoms with Crippen molar-refractivity contribution in [3.05, 3.63) is 28.8 Å². The van der Waals surface area contributed by atoms with Crippen LogP contribution in [0.25, 0.3) is 0 Å². The fraction of sp³-hybridized carbons (Fsp3) is 0.417. The van der Waals surface area contributed by atoms with Crippen molar-refractivity contribution in [2.45, 2.75) is 25.2 Å². The van der Waals surface area contributed by atoms with Crippen LogP contribution in [0.4, 0.5) is 0 Å². The van der Waals surface area contributed by atoms with Crippen LogP contribution in [0.15, 0.2) is 23.1 Å². The number of sulfonamides is 1. The van der Waals surface area contributed by atoms with Gasteiger partial charge in [0.2, 0.25) is 10.0 Å². The maximum atomic E-state index is 12.4. The van der Waals surface area contributed by atoms with Crippen LogP contribution in [0, 0.1) is 11.3 Å². The summed E-state index contributed by atoms with van der Waals surface area (Å²) in [6, 6.07) is 6.16. The topological polar surface area (TPSA) is 61.2 Å². The highest BCUT2D eigenvalue weighted by molar-refractivity contribution is 7.89. The van der Waals surface area contributed by atoms with E-state index in [1.165, 1.54) is 22.5 Å². The van der Waals surface area contributed by atoms with E-state index in [1.54, 1.807) is 6.92 Å². The van der Waals surface area contributed by atoms with Gasteiger partial charge in [-0.2, -0.15) is 9.57 Å². The molecule has 1 aromatic carbocycles. The predicted octanol–water partition coefficient (Wildman–Crippen LogP) is 2.63. The summed E-state index contributed by atoms with van der Waals surface area (Å²) in [4.78, 5) is -0.00137. The highest BCUT2D eigenvalue weighted by Gasteiger charge is 2.25. The quantitative estimate of drug-likeness (QED) is 0.836. The summed E-state index contributed by atoms with van der Waals surface area (Å²) in [6.45, 7) is 4.50. The maximum absolute atomic E-state index is 12.4. The summed E-state index contributed by atoms with van der Waals surface area (Å²) in [5.74, 6) is 0. The van der Waals surface area contributed by atoms with Gasteiger partial charge >= 0.3 is 0 Å². The van der Waals surface area contributed by atoms with Crippen LogP contribution in [-0.4, -0.2) is 25.8 Å². The molecule has 98 valence electrons. The molecule has 0 saturated heterocycles. The van der Waals surface area contributed by atoms with E-state index in [9.17, 15) is 8.42 Å². The molecule has 0 spiro atoms. The molecule has 0 bridgehead atoms. The van der Waals surface area contributed by atoms with E-state index in [4.69, 9.17) is 16.9 Å². The molecule has 0 fully saturated rings. The Morgan fingerprint density at radius 2 is 2.06 bits per heavy atom. The summed E-state index contributed by atoms with van der Waals surface area (Å²) < 4.78 is 26.1. The summed E-state index contributed by atoms with van der Waals surface area (Å²) >= 11 is 5.92. The van der Waals surface area contributed by atoms with Crippen molar-refractivity contribution >= 4 is 21.6 Å². The average molecular weight is 287 g/mol. The lowest BCUT2D eigenvalue weighted by Gasteiger charge is -2.20. The Kier molecular flexibility index (Phi) is 5.15. The van der Waals surface area contributed by atoms with Gasteiger partial charge in [0.1, 0.15) is 4.90 Å². The molecule has 1 rings (SSSR count). The van der Waals surface area contributed by atoms with E-state index in [1.807, 2.05) is 13.0 Å². The molecule has 1 aromatic rings. The third-order valence-corrected chi connectivity index (χ3v) is 4.96. The first-order chi connectivity index (χ1) is 8.47. The predicted molar refractivity (Wildman–Crippen MR) is 70.9 cm³/mol. The number of halogens is 1. The zero-order valence-corrected chi connectivity index (χ0v) is 11.9. The Morgan fingerprint density at radius 1 is 1.39 bits per heavy atom. The zero-order valence-electron chi connectivity index (χ0n) is 10.4. The smallest absolute Gasteiger partial charge is 0.207 e. The molecular formula is C12H15ClN2O2S. The number of benzene rings is 1. The molecule has 0 atom stereocenters. The summed E-state index contributed by atoms with van der Waals surface area (Å²) in [5.41, 5.74) is 0.283. The minimum Gasteiger partial charge on any atom is -0.207 e. The van der Waals surface area contributed by atoms with Crippen LogP contribution < -0.4 is 0 Å². The summed E-state index contributed by atoms with van der Waals surface area (Å²) in [6.07, 6.45) is 0.725. The lowest BCUT2D eigenvalue weighted by molar-refractivity contribution is 0.427. The highest BCUT2D eigenvalue weighted by atomic mass is 35.5. The van der Waals surface area contributed by atoms with Crippen LogP contribution in [0.2, 0.25) is 5.02 Å². The van der Waals surface area contributed by atoms with E-state index >= 15 is 0 Å². The maximum Gasteiger partial charge on any atom is 0.244 e. The average Bonchev–Trinajstić information content (AvgIpc) is 2.36. The first-order valence-corrected chi connectivity index (χ1v) is 7.49. The molecule has 0 amide bonds. The number of nitriles is 1. The van der Waals surface area contributed by atoms with Crippen molar-refractivity contribution in [1.82, 2.24) is 4.31 Å². The van der Waals surface area contributed by atoms with Crippen LogP contribution in [0.1, 0.15) is 25.8 Å². The normalized spacial score (nSPS) is 11.5. The largest absolute Gasteiger partial charge is 0.244 e. The van der Waals surface area contributed by atoms with Crippen molar-refractivity contribution in [3.8, 4) is 6.07 Å². The van der Waals surface area contributed by atoms with Crippen molar-refractivity contribution in [2.24, 2.45) is 0 Å². The molecule has 6 heteroatoms. The van der Waals surface area contributed by atoms with Crippen molar-refractivity contribution < 1.29 is 8.42 Å². The summed E-state index contributed by atoms with van der Waals surface area (Å²) in [7, 11) is -3.63. The van der Waals surface area contributed by atoms with Gasteiger partial charge in [-0.05, 0) is 24.6 Å². The van der Waals surface area contributed by atoms with Crippen molar-refractivity contribution in [1.29, 1.82) is 5.26 Å². The third-order valence-electron chi connectivity index (χ3n) is 2.50. The number of nitrogens with zero attached hydrogens (tertiary/aromatic N) is 2. The Balaban J connectivity index is 3.31. The van der Waals surface area contributed by atoms with E-state index < -0.39 is 10.0 Å². The van der Waals surface area contributed by atoms with Gasteiger partial charge in [-0.25, -0.2) is 8.42 Å². The SMILES string of the molecule is CCCN(CC)S(=O)(=O)c1cc(C#N)ccc1Cl. The molecule has 0 heterocycles. The van der Waals surface area contributed by atoms with Crippen LogP contribution in [-0.2, 0) is 10.0 Å². The standard InChI is InChI=1S/C12H15ClN2O2S/c1-3-7-15(4-2)18(16,17)12-8-10(9-14)5-6-11(12)13/h5-6,8H,3-4,7H2,1-2H3. The molecule has 0 aliphatic rings. The second-order valence-electron chi connectivity index (χ2n) is 3.75. The molecule has 0 aliphatic carbocycles. The van der Waals surface area contributed by atoms with Crippen molar-refractivity contribution in [2.75, 3.05) is 13.1 Å². The van der Waals surface area contributed by atoms with Gasteiger partial charge in [-0.1, -0.05) is 25.4 Å².